The summed E-state index contributed by atoms with van der Waals surface area (Å²) in [7, 11) is 0. The molecule has 3 aromatic rings. The van der Waals surface area contributed by atoms with E-state index in [9.17, 15) is 9.59 Å². The lowest BCUT2D eigenvalue weighted by atomic mass is 9.86. The maximum Gasteiger partial charge on any atom is 0.326 e. The molecule has 50 heavy (non-hydrogen) atoms. The first kappa shape index (κ1) is 37.6. The van der Waals surface area contributed by atoms with E-state index >= 15 is 0 Å². The number of rotatable bonds is 12. The summed E-state index contributed by atoms with van der Waals surface area (Å²) in [6.07, 6.45) is 4.05. The van der Waals surface area contributed by atoms with E-state index in [0.717, 1.165) is 67.6 Å². The number of aliphatic imine (C=N–C) groups is 1. The van der Waals surface area contributed by atoms with Crippen LogP contribution in [0.1, 0.15) is 94.1 Å². The maximum atomic E-state index is 14.9. The molecule has 0 spiro atoms. The van der Waals surface area contributed by atoms with Gasteiger partial charge in [0.15, 0.2) is 0 Å². The molecule has 9 nitrogen and oxygen atoms in total. The Balaban J connectivity index is 1.45. The van der Waals surface area contributed by atoms with E-state index < -0.39 is 12.1 Å². The summed E-state index contributed by atoms with van der Waals surface area (Å²) in [6, 6.07) is 20.7. The quantitative estimate of drug-likeness (QED) is 0.111. The Labute approximate surface area is 306 Å². The molecule has 3 aromatic carbocycles. The highest BCUT2D eigenvalue weighted by molar-refractivity contribution is 6.30. The van der Waals surface area contributed by atoms with E-state index in [4.69, 9.17) is 38.1 Å². The van der Waals surface area contributed by atoms with Crippen molar-refractivity contribution in [1.29, 1.82) is 0 Å². The predicted molar refractivity (Wildman–Crippen MR) is 199 cm³/mol. The van der Waals surface area contributed by atoms with Gasteiger partial charge in [0.25, 0.3) is 0 Å². The average molecular weight is 723 g/mol. The largest absolute Gasteiger partial charge is 0.493 e. The van der Waals surface area contributed by atoms with E-state index in [1.165, 1.54) is 0 Å². The molecule has 0 unspecified atom stereocenters. The minimum atomic E-state index is -0.432. The molecule has 2 aliphatic heterocycles. The highest BCUT2D eigenvalue weighted by Gasteiger charge is 2.45. The van der Waals surface area contributed by atoms with E-state index in [2.05, 4.69) is 37.8 Å². The number of nitrogens with one attached hydrogen (secondary N) is 1. The van der Waals surface area contributed by atoms with Gasteiger partial charge in [0, 0.05) is 42.6 Å². The van der Waals surface area contributed by atoms with Crippen molar-refractivity contribution in [1.82, 2.24) is 20.2 Å². The van der Waals surface area contributed by atoms with Crippen molar-refractivity contribution < 1.29 is 19.5 Å². The number of hydrogen-bond donors (Lipinski definition) is 2. The van der Waals surface area contributed by atoms with Crippen molar-refractivity contribution in [3.05, 3.63) is 99.0 Å². The molecule has 0 aromatic heterocycles. The molecule has 1 fully saturated rings. The van der Waals surface area contributed by atoms with Crippen LogP contribution >= 0.6 is 23.2 Å². The van der Waals surface area contributed by atoms with Gasteiger partial charge < -0.3 is 9.64 Å². The van der Waals surface area contributed by atoms with Gasteiger partial charge in [-0.15, -0.1) is 0 Å². The number of unbranched alkanes of at least 4 members (excludes halogenated alkanes) is 3. The monoisotopic (exact) mass is 721 g/mol. The Morgan fingerprint density at radius 2 is 1.50 bits per heavy atom. The lowest BCUT2D eigenvalue weighted by Crippen LogP contribution is -2.54. The molecule has 268 valence electrons. The zero-order valence-electron chi connectivity index (χ0n) is 29.5. The molecule has 0 bridgehead atoms. The smallest absolute Gasteiger partial charge is 0.326 e. The summed E-state index contributed by atoms with van der Waals surface area (Å²) in [6.45, 7) is 12.6. The number of amides is 3. The third kappa shape index (κ3) is 9.18. The molecule has 3 amide bonds. The fourth-order valence-electron chi connectivity index (χ4n) is 6.65. The van der Waals surface area contributed by atoms with Crippen LogP contribution in [-0.4, -0.2) is 77.0 Å². The predicted octanol–water partition coefficient (Wildman–Crippen LogP) is 8.43. The van der Waals surface area contributed by atoms with Gasteiger partial charge in [-0.25, -0.2) is 10.3 Å². The van der Waals surface area contributed by atoms with Crippen molar-refractivity contribution >= 4 is 41.0 Å². The van der Waals surface area contributed by atoms with Crippen molar-refractivity contribution in [2.75, 3.05) is 39.3 Å². The van der Waals surface area contributed by atoms with E-state index in [1.807, 2.05) is 71.3 Å². The maximum absolute atomic E-state index is 14.9. The SMILES string of the molecule is CCOc1cc(C(C)(C)C)ccc1C1=N[C@@H](c2ccc(Cl)cc2)[C@@H](c2ccc(Cl)cc2)N1C(=O)N1CCN(CCCCCCC(=O)NO)CC1. The number of halogens is 2. The van der Waals surface area contributed by atoms with Crippen molar-refractivity contribution in [3.63, 3.8) is 0 Å². The van der Waals surface area contributed by atoms with Crippen LogP contribution in [-0.2, 0) is 10.2 Å². The van der Waals surface area contributed by atoms with E-state index in [-0.39, 0.29) is 17.4 Å². The van der Waals surface area contributed by atoms with Crippen LogP contribution in [0.15, 0.2) is 71.7 Å². The van der Waals surface area contributed by atoms with E-state index in [1.54, 1.807) is 5.48 Å². The lowest BCUT2D eigenvalue weighted by Gasteiger charge is -2.39. The first-order chi connectivity index (χ1) is 24.0. The first-order valence-corrected chi connectivity index (χ1v) is 18.4. The van der Waals surface area contributed by atoms with Gasteiger partial charge in [0.05, 0.1) is 18.2 Å². The molecular formula is C39H49Cl2N5O4. The number of hydroxylamine groups is 1. The summed E-state index contributed by atoms with van der Waals surface area (Å²) in [5, 5.41) is 9.94. The van der Waals surface area contributed by atoms with Crippen LogP contribution in [0.3, 0.4) is 0 Å². The molecule has 0 saturated carbocycles. The second kappa shape index (κ2) is 17.1. The van der Waals surface area contributed by atoms with Crippen LogP contribution in [0, 0.1) is 0 Å². The summed E-state index contributed by atoms with van der Waals surface area (Å²) in [4.78, 5) is 37.7. The van der Waals surface area contributed by atoms with Crippen LogP contribution < -0.4 is 10.2 Å². The number of carbonyl (C=O) groups excluding carboxylic acids is 2. The number of amidine groups is 1. The first-order valence-electron chi connectivity index (χ1n) is 17.6. The van der Waals surface area contributed by atoms with Crippen LogP contribution in [0.25, 0.3) is 0 Å². The van der Waals surface area contributed by atoms with Crippen LogP contribution in [0.5, 0.6) is 5.75 Å². The van der Waals surface area contributed by atoms with Crippen molar-refractivity contribution in [2.45, 2.75) is 77.3 Å². The third-order valence-corrected chi connectivity index (χ3v) is 9.98. The third-order valence-electron chi connectivity index (χ3n) is 9.48. The number of ether oxygens (including phenoxy) is 1. The van der Waals surface area contributed by atoms with Gasteiger partial charge in [-0.05, 0) is 84.8 Å². The fourth-order valence-corrected chi connectivity index (χ4v) is 6.90. The fraction of sp³-hybridized carbons (Fsp3) is 0.462. The summed E-state index contributed by atoms with van der Waals surface area (Å²) >= 11 is 12.7. The number of piperazine rings is 1. The Morgan fingerprint density at radius 3 is 2.10 bits per heavy atom. The zero-order valence-corrected chi connectivity index (χ0v) is 31.0. The number of hydrogen-bond acceptors (Lipinski definition) is 6. The lowest BCUT2D eigenvalue weighted by molar-refractivity contribution is -0.129. The topological polar surface area (TPSA) is 97.7 Å². The summed E-state index contributed by atoms with van der Waals surface area (Å²) < 4.78 is 6.26. The van der Waals surface area contributed by atoms with Crippen molar-refractivity contribution in [2.24, 2.45) is 4.99 Å². The minimum Gasteiger partial charge on any atom is -0.493 e. The van der Waals surface area contributed by atoms with Gasteiger partial charge in [-0.2, -0.15) is 0 Å². The molecule has 2 N–H and O–H groups in total. The van der Waals surface area contributed by atoms with Gasteiger partial charge >= 0.3 is 6.03 Å². The summed E-state index contributed by atoms with van der Waals surface area (Å²) in [5.74, 6) is 0.937. The Bertz CT molecular complexity index is 1630. The molecule has 2 aliphatic rings. The van der Waals surface area contributed by atoms with Crippen LogP contribution in [0.2, 0.25) is 10.0 Å². The second-order valence-corrected chi connectivity index (χ2v) is 14.9. The second-order valence-electron chi connectivity index (χ2n) is 14.0. The number of carbonyl (C=O) groups is 2. The molecule has 2 heterocycles. The number of urea groups is 1. The number of benzene rings is 3. The van der Waals surface area contributed by atoms with Gasteiger partial charge in [-0.3, -0.25) is 24.8 Å². The van der Waals surface area contributed by atoms with Crippen molar-refractivity contribution in [3.8, 4) is 5.75 Å². The molecular weight excluding hydrogens is 673 g/mol. The average Bonchev–Trinajstić information content (AvgIpc) is 3.50. The zero-order chi connectivity index (χ0) is 35.8. The molecule has 11 heteroatoms. The highest BCUT2D eigenvalue weighted by Crippen LogP contribution is 2.46. The molecule has 5 rings (SSSR count). The van der Waals surface area contributed by atoms with Gasteiger partial charge in [0.1, 0.15) is 17.6 Å². The van der Waals surface area contributed by atoms with E-state index in [0.29, 0.717) is 47.7 Å². The summed E-state index contributed by atoms with van der Waals surface area (Å²) in [5.41, 5.74) is 5.39. The Morgan fingerprint density at radius 1 is 0.880 bits per heavy atom. The van der Waals surface area contributed by atoms with Gasteiger partial charge in [-0.1, -0.05) is 87.1 Å². The Kier molecular flexibility index (Phi) is 12.8. The molecule has 1 saturated heterocycles. The Hall–Kier alpha value is -3.63. The molecule has 0 aliphatic carbocycles. The normalized spacial score (nSPS) is 18.3. The molecule has 0 radical (unpaired) electrons. The standard InChI is InChI=1S/C39H49Cl2N5O4/c1-5-50-33-26-29(39(2,3)4)15-20-32(33)37-42-35(27-11-16-30(40)17-12-27)36(28-13-18-31(41)19-14-28)46(37)38(48)45-24-22-44(23-25-45)21-9-7-6-8-10-34(47)43-49/h11-20,26,35-36,49H,5-10,21-25H2,1-4H3,(H,43,47)/t35-,36+/m0/s1. The van der Waals surface area contributed by atoms with Crippen LogP contribution in [0.4, 0.5) is 4.79 Å². The highest BCUT2D eigenvalue weighted by atomic mass is 35.5. The van der Waals surface area contributed by atoms with Gasteiger partial charge in [0.2, 0.25) is 5.91 Å². The minimum absolute atomic E-state index is 0.0921. The number of nitrogens with zero attached hydrogens (tertiary/aromatic N) is 4. The molecule has 2 atom stereocenters.